The fourth-order valence-corrected chi connectivity index (χ4v) is 2.73. The molecule has 1 aromatic carbocycles. The third-order valence-corrected chi connectivity index (χ3v) is 3.68. The Morgan fingerprint density at radius 3 is 2.75 bits per heavy atom. The smallest absolute Gasteiger partial charge is 0.0648 e. The third-order valence-electron chi connectivity index (χ3n) is 2.87. The van der Waals surface area contributed by atoms with E-state index in [4.69, 9.17) is 11.6 Å². The summed E-state index contributed by atoms with van der Waals surface area (Å²) < 4.78 is 1.02. The zero-order valence-corrected chi connectivity index (χ0v) is 11.5. The summed E-state index contributed by atoms with van der Waals surface area (Å²) in [7, 11) is 0. The van der Waals surface area contributed by atoms with Crippen LogP contribution in [0.1, 0.15) is 12.8 Å². The molecule has 2 rings (SSSR count). The van der Waals surface area contributed by atoms with Gasteiger partial charge in [-0.25, -0.2) is 0 Å². The van der Waals surface area contributed by atoms with Crippen molar-refractivity contribution in [3.63, 3.8) is 0 Å². The van der Waals surface area contributed by atoms with Crippen molar-refractivity contribution in [2.24, 2.45) is 0 Å². The van der Waals surface area contributed by atoms with E-state index in [1.165, 1.54) is 25.9 Å². The van der Waals surface area contributed by atoms with Gasteiger partial charge in [-0.2, -0.15) is 0 Å². The number of nitrogens with zero attached hydrogens (tertiary/aromatic N) is 1. The molecule has 0 aliphatic carbocycles. The molecule has 1 fully saturated rings. The van der Waals surface area contributed by atoms with Crippen molar-refractivity contribution in [3.05, 3.63) is 27.7 Å². The van der Waals surface area contributed by atoms with Gasteiger partial charge in [0.1, 0.15) is 0 Å². The molecule has 1 saturated heterocycles. The van der Waals surface area contributed by atoms with Crippen molar-refractivity contribution in [3.8, 4) is 0 Å². The SMILES string of the molecule is Clc1cc(Br)ccc1NCCN1CCCC1. The maximum atomic E-state index is 6.12. The van der Waals surface area contributed by atoms with Crippen LogP contribution in [0, 0.1) is 0 Å². The van der Waals surface area contributed by atoms with E-state index in [1.807, 2.05) is 18.2 Å². The number of hydrogen-bond donors (Lipinski definition) is 1. The minimum absolute atomic E-state index is 0.774. The number of hydrogen-bond acceptors (Lipinski definition) is 2. The minimum atomic E-state index is 0.774. The van der Waals surface area contributed by atoms with Crippen molar-refractivity contribution in [2.75, 3.05) is 31.5 Å². The van der Waals surface area contributed by atoms with Crippen LogP contribution in [0.3, 0.4) is 0 Å². The van der Waals surface area contributed by atoms with Gasteiger partial charge in [0.25, 0.3) is 0 Å². The lowest BCUT2D eigenvalue weighted by Gasteiger charge is -2.15. The molecule has 0 saturated carbocycles. The molecule has 1 aliphatic rings. The molecular weight excluding hydrogens is 288 g/mol. The molecule has 0 unspecified atom stereocenters. The normalized spacial score (nSPS) is 16.6. The zero-order valence-electron chi connectivity index (χ0n) is 9.18. The van der Waals surface area contributed by atoms with Crippen LogP contribution in [0.2, 0.25) is 5.02 Å². The van der Waals surface area contributed by atoms with Gasteiger partial charge in [-0.1, -0.05) is 27.5 Å². The Kier molecular flexibility index (Phi) is 4.50. The summed E-state index contributed by atoms with van der Waals surface area (Å²) in [6.07, 6.45) is 2.69. The largest absolute Gasteiger partial charge is 0.383 e. The first-order chi connectivity index (χ1) is 7.75. The van der Waals surface area contributed by atoms with Gasteiger partial charge in [0.2, 0.25) is 0 Å². The number of benzene rings is 1. The second-order valence-electron chi connectivity index (χ2n) is 4.10. The van der Waals surface area contributed by atoms with E-state index >= 15 is 0 Å². The van der Waals surface area contributed by atoms with Crippen molar-refractivity contribution >= 4 is 33.2 Å². The van der Waals surface area contributed by atoms with Gasteiger partial charge in [-0.15, -0.1) is 0 Å². The lowest BCUT2D eigenvalue weighted by Crippen LogP contribution is -2.25. The Morgan fingerprint density at radius 2 is 2.06 bits per heavy atom. The van der Waals surface area contributed by atoms with Crippen molar-refractivity contribution in [1.82, 2.24) is 4.90 Å². The van der Waals surface area contributed by atoms with Gasteiger partial charge in [0, 0.05) is 17.6 Å². The molecule has 2 nitrogen and oxygen atoms in total. The van der Waals surface area contributed by atoms with Crippen LogP contribution < -0.4 is 5.32 Å². The molecule has 1 N–H and O–H groups in total. The van der Waals surface area contributed by atoms with E-state index in [0.717, 1.165) is 28.3 Å². The number of rotatable bonds is 4. The van der Waals surface area contributed by atoms with Gasteiger partial charge < -0.3 is 10.2 Å². The third kappa shape index (κ3) is 3.37. The maximum absolute atomic E-state index is 6.12. The summed E-state index contributed by atoms with van der Waals surface area (Å²) in [6.45, 7) is 4.55. The number of likely N-dealkylation sites (tertiary alicyclic amines) is 1. The predicted octanol–water partition coefficient (Wildman–Crippen LogP) is 3.61. The van der Waals surface area contributed by atoms with Crippen LogP contribution >= 0.6 is 27.5 Å². The van der Waals surface area contributed by atoms with E-state index in [1.54, 1.807) is 0 Å². The zero-order chi connectivity index (χ0) is 11.4. The quantitative estimate of drug-likeness (QED) is 0.914. The summed E-state index contributed by atoms with van der Waals surface area (Å²) in [5.41, 5.74) is 1.02. The van der Waals surface area contributed by atoms with E-state index in [2.05, 4.69) is 26.1 Å². The molecule has 0 radical (unpaired) electrons. The van der Waals surface area contributed by atoms with Crippen molar-refractivity contribution in [2.45, 2.75) is 12.8 Å². The van der Waals surface area contributed by atoms with Gasteiger partial charge in [-0.3, -0.25) is 0 Å². The van der Waals surface area contributed by atoms with Gasteiger partial charge in [0.15, 0.2) is 0 Å². The molecule has 4 heteroatoms. The Balaban J connectivity index is 1.80. The first-order valence-corrected chi connectivity index (χ1v) is 6.84. The highest BCUT2D eigenvalue weighted by Crippen LogP contribution is 2.25. The molecule has 1 heterocycles. The van der Waals surface area contributed by atoms with Crippen LogP contribution in [0.5, 0.6) is 0 Å². The summed E-state index contributed by atoms with van der Waals surface area (Å²) in [6, 6.07) is 5.93. The molecule has 0 aromatic heterocycles. The Morgan fingerprint density at radius 1 is 1.31 bits per heavy atom. The topological polar surface area (TPSA) is 15.3 Å². The highest BCUT2D eigenvalue weighted by Gasteiger charge is 2.10. The molecule has 1 aromatic rings. The molecule has 0 spiro atoms. The minimum Gasteiger partial charge on any atom is -0.383 e. The highest BCUT2D eigenvalue weighted by molar-refractivity contribution is 9.10. The number of anilines is 1. The molecule has 16 heavy (non-hydrogen) atoms. The van der Waals surface area contributed by atoms with E-state index < -0.39 is 0 Å². The van der Waals surface area contributed by atoms with Crippen LogP contribution in [0.4, 0.5) is 5.69 Å². The first kappa shape index (κ1) is 12.2. The standard InChI is InChI=1S/C12H16BrClN2/c13-10-3-4-12(11(14)9-10)15-5-8-16-6-1-2-7-16/h3-4,9,15H,1-2,5-8H2. The van der Waals surface area contributed by atoms with E-state index in [9.17, 15) is 0 Å². The van der Waals surface area contributed by atoms with Crippen molar-refractivity contribution in [1.29, 1.82) is 0 Å². The molecule has 1 aliphatic heterocycles. The summed E-state index contributed by atoms with van der Waals surface area (Å²) in [4.78, 5) is 2.49. The average molecular weight is 304 g/mol. The molecular formula is C12H16BrClN2. The van der Waals surface area contributed by atoms with Crippen LogP contribution in [-0.2, 0) is 0 Å². The molecule has 0 bridgehead atoms. The molecule has 0 atom stereocenters. The number of halogens is 2. The Bertz CT molecular complexity index is 351. The van der Waals surface area contributed by atoms with Crippen molar-refractivity contribution < 1.29 is 0 Å². The van der Waals surface area contributed by atoms with Crippen LogP contribution in [0.15, 0.2) is 22.7 Å². The Hall–Kier alpha value is -0.250. The lowest BCUT2D eigenvalue weighted by molar-refractivity contribution is 0.352. The van der Waals surface area contributed by atoms with Crippen LogP contribution in [-0.4, -0.2) is 31.1 Å². The summed E-state index contributed by atoms with van der Waals surface area (Å²) >= 11 is 9.52. The summed E-state index contributed by atoms with van der Waals surface area (Å²) in [5, 5.41) is 4.15. The highest BCUT2D eigenvalue weighted by atomic mass is 79.9. The second-order valence-corrected chi connectivity index (χ2v) is 5.42. The maximum Gasteiger partial charge on any atom is 0.0648 e. The second kappa shape index (κ2) is 5.89. The molecule has 88 valence electrons. The van der Waals surface area contributed by atoms with Gasteiger partial charge >= 0.3 is 0 Å². The monoisotopic (exact) mass is 302 g/mol. The average Bonchev–Trinajstić information content (AvgIpc) is 2.74. The van der Waals surface area contributed by atoms with Gasteiger partial charge in [-0.05, 0) is 44.1 Å². The predicted molar refractivity (Wildman–Crippen MR) is 73.3 cm³/mol. The fraction of sp³-hybridized carbons (Fsp3) is 0.500. The molecule has 0 amide bonds. The van der Waals surface area contributed by atoms with Crippen LogP contribution in [0.25, 0.3) is 0 Å². The Labute approximate surface area is 110 Å². The van der Waals surface area contributed by atoms with Gasteiger partial charge in [0.05, 0.1) is 10.7 Å². The first-order valence-electron chi connectivity index (χ1n) is 5.67. The number of nitrogens with one attached hydrogen (secondary N) is 1. The van der Waals surface area contributed by atoms with E-state index in [-0.39, 0.29) is 0 Å². The lowest BCUT2D eigenvalue weighted by atomic mass is 10.3. The summed E-state index contributed by atoms with van der Waals surface area (Å²) in [5.74, 6) is 0. The fourth-order valence-electron chi connectivity index (χ4n) is 1.99. The van der Waals surface area contributed by atoms with E-state index in [0.29, 0.717) is 0 Å².